The summed E-state index contributed by atoms with van der Waals surface area (Å²) in [6.07, 6.45) is -0.0419. The van der Waals surface area contributed by atoms with Gasteiger partial charge >= 0.3 is 11.9 Å². The van der Waals surface area contributed by atoms with Crippen LogP contribution in [0.3, 0.4) is 0 Å². The second-order valence-corrected chi connectivity index (χ2v) is 8.34. The second-order valence-electron chi connectivity index (χ2n) is 8.34. The summed E-state index contributed by atoms with van der Waals surface area (Å²) in [6.45, 7) is -0.0789. The van der Waals surface area contributed by atoms with Crippen LogP contribution in [0, 0.1) is 5.41 Å². The van der Waals surface area contributed by atoms with Crippen molar-refractivity contribution in [2.45, 2.75) is 25.7 Å². The van der Waals surface area contributed by atoms with Crippen molar-refractivity contribution in [3.05, 3.63) is 107 Å². The van der Waals surface area contributed by atoms with E-state index < -0.39 is 35.2 Å². The maximum atomic E-state index is 13.2. The number of carbonyl (C=O) groups excluding carboxylic acids is 4. The Labute approximate surface area is 195 Å². The average molecular weight is 455 g/mol. The average Bonchev–Trinajstić information content (AvgIpc) is 3.57. The van der Waals surface area contributed by atoms with Crippen molar-refractivity contribution in [2.75, 3.05) is 0 Å². The number of imide groups is 1. The topological polar surface area (TPSA) is 90.0 Å². The highest BCUT2D eigenvalue weighted by Crippen LogP contribution is 2.53. The zero-order valence-electron chi connectivity index (χ0n) is 18.2. The van der Waals surface area contributed by atoms with Gasteiger partial charge in [-0.2, -0.15) is 0 Å². The Morgan fingerprint density at radius 1 is 0.706 bits per heavy atom. The van der Waals surface area contributed by atoms with Gasteiger partial charge in [0.2, 0.25) is 0 Å². The van der Waals surface area contributed by atoms with E-state index in [-0.39, 0.29) is 30.8 Å². The smallest absolute Gasteiger partial charge is 0.326 e. The lowest BCUT2D eigenvalue weighted by Crippen LogP contribution is -2.42. The fourth-order valence-corrected chi connectivity index (χ4v) is 4.27. The molecule has 1 aliphatic heterocycles. The summed E-state index contributed by atoms with van der Waals surface area (Å²) < 4.78 is 11.0. The molecular weight excluding hydrogens is 434 g/mol. The number of amides is 2. The predicted octanol–water partition coefficient (Wildman–Crippen LogP) is 3.53. The van der Waals surface area contributed by atoms with E-state index in [1.54, 1.807) is 48.5 Å². The number of rotatable bonds is 7. The molecule has 0 spiro atoms. The van der Waals surface area contributed by atoms with Crippen molar-refractivity contribution in [3.63, 3.8) is 0 Å². The first-order valence-corrected chi connectivity index (χ1v) is 10.9. The summed E-state index contributed by atoms with van der Waals surface area (Å²) in [5, 5.41) is 0. The molecule has 3 aromatic rings. The third-order valence-electron chi connectivity index (χ3n) is 6.22. The summed E-state index contributed by atoms with van der Waals surface area (Å²) in [4.78, 5) is 53.4. The number of nitrogens with zero attached hydrogens (tertiary/aromatic N) is 1. The van der Waals surface area contributed by atoms with Crippen LogP contribution in [-0.4, -0.2) is 34.7 Å². The molecule has 0 bridgehead atoms. The fraction of sp³-hybridized carbons (Fsp3) is 0.185. The number of hydrogen-bond acceptors (Lipinski definition) is 6. The molecule has 1 saturated carbocycles. The van der Waals surface area contributed by atoms with Gasteiger partial charge in [-0.05, 0) is 29.7 Å². The van der Waals surface area contributed by atoms with Crippen LogP contribution in [0.4, 0.5) is 0 Å². The largest absolute Gasteiger partial charge is 0.460 e. The predicted molar refractivity (Wildman–Crippen MR) is 120 cm³/mol. The van der Waals surface area contributed by atoms with Crippen LogP contribution in [0.1, 0.15) is 38.3 Å². The quantitative estimate of drug-likeness (QED) is 0.308. The normalized spacial score (nSPS) is 17.8. The van der Waals surface area contributed by atoms with Crippen molar-refractivity contribution >= 4 is 23.8 Å². The van der Waals surface area contributed by atoms with Crippen molar-refractivity contribution in [1.82, 2.24) is 4.90 Å². The molecule has 170 valence electrons. The lowest BCUT2D eigenvalue weighted by Gasteiger charge is -2.20. The number of carbonyl (C=O) groups is 4. The highest BCUT2D eigenvalue weighted by atomic mass is 16.6. The van der Waals surface area contributed by atoms with E-state index in [1.165, 1.54) is 0 Å². The first-order valence-electron chi connectivity index (χ1n) is 10.9. The van der Waals surface area contributed by atoms with Crippen LogP contribution in [0.5, 0.6) is 0 Å². The fourth-order valence-electron chi connectivity index (χ4n) is 4.27. The molecule has 3 aromatic carbocycles. The van der Waals surface area contributed by atoms with Crippen molar-refractivity contribution in [3.8, 4) is 0 Å². The molecule has 2 amide bonds. The molecule has 0 aromatic heterocycles. The van der Waals surface area contributed by atoms with Crippen LogP contribution in [-0.2, 0) is 32.3 Å². The van der Waals surface area contributed by atoms with E-state index in [2.05, 4.69) is 0 Å². The highest BCUT2D eigenvalue weighted by Gasteiger charge is 2.73. The van der Waals surface area contributed by atoms with Gasteiger partial charge in [-0.25, -0.2) is 0 Å². The molecule has 0 N–H and O–H groups in total. The molecule has 0 saturated heterocycles. The van der Waals surface area contributed by atoms with E-state index in [1.807, 2.05) is 36.4 Å². The van der Waals surface area contributed by atoms with Crippen LogP contribution in [0.2, 0.25) is 0 Å². The van der Waals surface area contributed by atoms with Gasteiger partial charge in [0.15, 0.2) is 5.41 Å². The molecule has 7 heteroatoms. The molecule has 5 rings (SSSR count). The Balaban J connectivity index is 1.39. The first kappa shape index (κ1) is 21.6. The maximum Gasteiger partial charge on any atom is 0.326 e. The van der Waals surface area contributed by atoms with Crippen molar-refractivity contribution in [2.24, 2.45) is 5.41 Å². The van der Waals surface area contributed by atoms with E-state index in [0.717, 1.165) is 16.0 Å². The van der Waals surface area contributed by atoms with Crippen molar-refractivity contribution < 1.29 is 28.7 Å². The Hall–Kier alpha value is -4.26. The van der Waals surface area contributed by atoms with E-state index >= 15 is 0 Å². The zero-order chi connectivity index (χ0) is 23.7. The molecule has 1 fully saturated rings. The minimum absolute atomic E-state index is 0.0395. The number of esters is 2. The summed E-state index contributed by atoms with van der Waals surface area (Å²) in [5.41, 5.74) is 0.257. The summed E-state index contributed by atoms with van der Waals surface area (Å²) in [7, 11) is 0. The molecule has 34 heavy (non-hydrogen) atoms. The number of hydrogen-bond donors (Lipinski definition) is 0. The first-order chi connectivity index (χ1) is 16.5. The van der Waals surface area contributed by atoms with Gasteiger partial charge in [0, 0.05) is 0 Å². The lowest BCUT2D eigenvalue weighted by atomic mass is 10.1. The zero-order valence-corrected chi connectivity index (χ0v) is 18.2. The molecule has 1 aliphatic carbocycles. The molecule has 1 unspecified atom stereocenters. The summed E-state index contributed by atoms with van der Waals surface area (Å²) >= 11 is 0. The molecule has 0 radical (unpaired) electrons. The highest BCUT2D eigenvalue weighted by molar-refractivity contribution is 6.23. The van der Waals surface area contributed by atoms with E-state index in [0.29, 0.717) is 0 Å². The molecule has 1 heterocycles. The van der Waals surface area contributed by atoms with Crippen LogP contribution >= 0.6 is 0 Å². The molecule has 2 aliphatic rings. The SMILES string of the molecule is O=C1c2ccccc2C(=O)N1C1CC1(C(=O)OCc1ccccc1)C(=O)OCc1ccccc1. The molecule has 1 atom stereocenters. The standard InChI is InChI=1S/C27H21NO6/c29-23-20-13-7-8-14-21(20)24(30)28(23)22-15-27(22,25(31)33-16-18-9-3-1-4-10-18)26(32)34-17-19-11-5-2-6-12-19/h1-14,22H,15-17H2. The van der Waals surface area contributed by atoms with Gasteiger partial charge in [-0.3, -0.25) is 24.1 Å². The number of fused-ring (bicyclic) bond motifs is 1. The summed E-state index contributed by atoms with van der Waals surface area (Å²) in [6, 6.07) is 23.6. The monoisotopic (exact) mass is 455 g/mol. The third kappa shape index (κ3) is 3.65. The van der Waals surface area contributed by atoms with E-state index in [9.17, 15) is 19.2 Å². The van der Waals surface area contributed by atoms with Gasteiger partial charge in [0.05, 0.1) is 17.2 Å². The van der Waals surface area contributed by atoms with Crippen LogP contribution in [0.15, 0.2) is 84.9 Å². The van der Waals surface area contributed by atoms with Crippen molar-refractivity contribution in [1.29, 1.82) is 0 Å². The number of ether oxygens (including phenoxy) is 2. The summed E-state index contributed by atoms with van der Waals surface area (Å²) in [5.74, 6) is -2.68. The van der Waals surface area contributed by atoms with Gasteiger partial charge in [0.25, 0.3) is 11.8 Å². The van der Waals surface area contributed by atoms with Gasteiger partial charge < -0.3 is 9.47 Å². The number of benzene rings is 3. The van der Waals surface area contributed by atoms with Gasteiger partial charge in [-0.1, -0.05) is 72.8 Å². The third-order valence-corrected chi connectivity index (χ3v) is 6.22. The minimum atomic E-state index is -1.75. The van der Waals surface area contributed by atoms with E-state index in [4.69, 9.17) is 9.47 Å². The van der Waals surface area contributed by atoms with Crippen LogP contribution in [0.25, 0.3) is 0 Å². The Morgan fingerprint density at radius 2 is 1.12 bits per heavy atom. The Bertz CT molecular complexity index is 1180. The lowest BCUT2D eigenvalue weighted by molar-refractivity contribution is -0.167. The maximum absolute atomic E-state index is 13.2. The minimum Gasteiger partial charge on any atom is -0.460 e. The van der Waals surface area contributed by atoms with Crippen LogP contribution < -0.4 is 0 Å². The Kier molecular flexibility index (Phi) is 5.45. The Morgan fingerprint density at radius 3 is 1.56 bits per heavy atom. The molecule has 7 nitrogen and oxygen atoms in total. The second kappa shape index (κ2) is 8.59. The molecular formula is C27H21NO6. The van der Waals surface area contributed by atoms with Gasteiger partial charge in [-0.15, -0.1) is 0 Å². The van der Waals surface area contributed by atoms with Gasteiger partial charge in [0.1, 0.15) is 13.2 Å².